The molecule has 0 atom stereocenters. The summed E-state index contributed by atoms with van der Waals surface area (Å²) in [4.78, 5) is 30.2. The van der Waals surface area contributed by atoms with Crippen LogP contribution < -0.4 is 9.47 Å². The maximum Gasteiger partial charge on any atom is 0.174 e. The number of ketones is 2. The van der Waals surface area contributed by atoms with E-state index in [1.807, 2.05) is 13.0 Å². The molecule has 37 heavy (non-hydrogen) atoms. The summed E-state index contributed by atoms with van der Waals surface area (Å²) in [6, 6.07) is 4.04. The van der Waals surface area contributed by atoms with Gasteiger partial charge in [0.05, 0.1) is 17.3 Å². The van der Waals surface area contributed by atoms with E-state index in [1.54, 1.807) is 14.2 Å². The molecule has 0 saturated heterocycles. The molecule has 2 aliphatic carbocycles. The zero-order valence-corrected chi connectivity index (χ0v) is 25.4. The summed E-state index contributed by atoms with van der Waals surface area (Å²) >= 11 is 2.26. The van der Waals surface area contributed by atoms with Crippen molar-refractivity contribution in [1.29, 1.82) is 0 Å². The van der Waals surface area contributed by atoms with E-state index in [4.69, 9.17) is 14.2 Å². The number of halogens is 1. The van der Waals surface area contributed by atoms with Crippen LogP contribution in [0.15, 0.2) is 34.7 Å². The highest BCUT2D eigenvalue weighted by Gasteiger charge is 2.49. The second kappa shape index (κ2) is 10.7. The molecule has 202 valence electrons. The highest BCUT2D eigenvalue weighted by Crippen LogP contribution is 2.55. The van der Waals surface area contributed by atoms with E-state index >= 15 is 0 Å². The predicted molar refractivity (Wildman–Crippen MR) is 153 cm³/mol. The van der Waals surface area contributed by atoms with Crippen molar-refractivity contribution in [2.45, 2.75) is 72.6 Å². The molecule has 1 aliphatic heterocycles. The van der Waals surface area contributed by atoms with E-state index in [1.165, 1.54) is 0 Å². The van der Waals surface area contributed by atoms with Gasteiger partial charge in [-0.2, -0.15) is 0 Å². The minimum Gasteiger partial charge on any atom is -0.492 e. The fraction of sp³-hybridized carbons (Fsp3) is 0.600. The maximum atomic E-state index is 13.9. The normalized spacial score (nSPS) is 21.2. The topological polar surface area (TPSA) is 65.1 Å². The number of nitrogens with zero attached hydrogens (tertiary/aromatic N) is 1. The second-order valence-corrected chi connectivity index (χ2v) is 13.2. The van der Waals surface area contributed by atoms with Crippen molar-refractivity contribution in [1.82, 2.24) is 4.90 Å². The molecule has 0 amide bonds. The lowest BCUT2D eigenvalue weighted by Crippen LogP contribution is -2.44. The highest BCUT2D eigenvalue weighted by atomic mass is 127. The molecular formula is C30H40INO5. The molecule has 0 aromatic heterocycles. The van der Waals surface area contributed by atoms with Crippen LogP contribution in [-0.2, 0) is 14.3 Å². The van der Waals surface area contributed by atoms with Gasteiger partial charge >= 0.3 is 0 Å². The van der Waals surface area contributed by atoms with Gasteiger partial charge in [-0.1, -0.05) is 27.7 Å². The van der Waals surface area contributed by atoms with E-state index < -0.39 is 5.92 Å². The number of allylic oxidation sites excluding steroid dienone is 4. The standard InChI is InChI=1S/C30H40INO5/c1-8-37-24-13-18(12-19(31)28(24)36-7)25-26-20(14-29(2,3)16-22(26)33)32(10-9-11-35-6)21-15-30(4,5)17-23(34)27(21)25/h12-13,25H,8-11,14-17H2,1-7H3. The van der Waals surface area contributed by atoms with E-state index in [0.717, 1.165) is 57.5 Å². The highest BCUT2D eigenvalue weighted by molar-refractivity contribution is 14.1. The Balaban J connectivity index is 1.99. The lowest BCUT2D eigenvalue weighted by Gasteiger charge is -2.49. The molecular weight excluding hydrogens is 581 g/mol. The Morgan fingerprint density at radius 1 is 0.946 bits per heavy atom. The Labute approximate surface area is 234 Å². The third-order valence-electron chi connectivity index (χ3n) is 7.62. The molecule has 1 heterocycles. The van der Waals surface area contributed by atoms with Crippen molar-refractivity contribution in [2.24, 2.45) is 10.8 Å². The Bertz CT molecular complexity index is 1110. The first-order valence-corrected chi connectivity index (χ1v) is 14.3. The van der Waals surface area contributed by atoms with Gasteiger partial charge in [-0.25, -0.2) is 0 Å². The van der Waals surface area contributed by atoms with Crippen molar-refractivity contribution >= 4 is 34.2 Å². The summed E-state index contributed by atoms with van der Waals surface area (Å²) in [5, 5.41) is 0. The number of methoxy groups -OCH3 is 2. The summed E-state index contributed by atoms with van der Waals surface area (Å²) < 4.78 is 17.9. The van der Waals surface area contributed by atoms with Gasteiger partial charge in [-0.15, -0.1) is 0 Å². The number of hydrogen-bond acceptors (Lipinski definition) is 6. The Kier molecular flexibility index (Phi) is 8.15. The molecule has 4 rings (SSSR count). The van der Waals surface area contributed by atoms with Crippen LogP contribution >= 0.6 is 22.6 Å². The smallest absolute Gasteiger partial charge is 0.174 e. The number of benzene rings is 1. The van der Waals surface area contributed by atoms with Crippen LogP contribution in [0, 0.1) is 14.4 Å². The minimum atomic E-state index is -0.394. The molecule has 0 spiro atoms. The zero-order chi connectivity index (χ0) is 27.1. The van der Waals surface area contributed by atoms with Crippen LogP contribution in [-0.4, -0.2) is 50.4 Å². The fourth-order valence-corrected chi connectivity index (χ4v) is 7.08. The molecule has 0 unspecified atom stereocenters. The molecule has 1 aromatic carbocycles. The van der Waals surface area contributed by atoms with Gasteiger partial charge < -0.3 is 19.1 Å². The summed E-state index contributed by atoms with van der Waals surface area (Å²) in [5.74, 6) is 1.21. The SMILES string of the molecule is CCOc1cc(C2C3=C(CC(C)(C)CC3=O)N(CCCOC)C3=C2C(=O)CC(C)(C)C3)cc(I)c1OC. The number of rotatable bonds is 8. The summed E-state index contributed by atoms with van der Waals surface area (Å²) in [6.45, 7) is 12.5. The van der Waals surface area contributed by atoms with E-state index in [0.29, 0.717) is 37.6 Å². The van der Waals surface area contributed by atoms with Crippen LogP contribution in [0.3, 0.4) is 0 Å². The number of Topliss-reactive ketones (excluding diaryl/α,β-unsaturated/α-hetero) is 2. The summed E-state index contributed by atoms with van der Waals surface area (Å²) in [6.07, 6.45) is 3.38. The van der Waals surface area contributed by atoms with Gasteiger partial charge in [0.15, 0.2) is 23.1 Å². The van der Waals surface area contributed by atoms with Gasteiger partial charge in [0.2, 0.25) is 0 Å². The number of ether oxygens (including phenoxy) is 3. The number of carbonyl (C=O) groups is 2. The summed E-state index contributed by atoms with van der Waals surface area (Å²) in [7, 11) is 3.35. The number of carbonyl (C=O) groups excluding carboxylic acids is 2. The van der Waals surface area contributed by atoms with Crippen LogP contribution in [0.25, 0.3) is 0 Å². The Morgan fingerprint density at radius 3 is 2.00 bits per heavy atom. The lowest BCUT2D eigenvalue weighted by atomic mass is 9.63. The molecule has 7 heteroatoms. The molecule has 3 aliphatic rings. The average Bonchev–Trinajstić information content (AvgIpc) is 2.78. The first-order valence-electron chi connectivity index (χ1n) is 13.2. The largest absolute Gasteiger partial charge is 0.492 e. The maximum absolute atomic E-state index is 13.9. The molecule has 0 radical (unpaired) electrons. The van der Waals surface area contributed by atoms with Crippen molar-refractivity contribution in [3.8, 4) is 11.5 Å². The third kappa shape index (κ3) is 5.49. The quantitative estimate of drug-likeness (QED) is 0.247. The monoisotopic (exact) mass is 621 g/mol. The van der Waals surface area contributed by atoms with Gasteiger partial charge in [0.25, 0.3) is 0 Å². The lowest BCUT2D eigenvalue weighted by molar-refractivity contribution is -0.119. The zero-order valence-electron chi connectivity index (χ0n) is 23.3. The molecule has 6 nitrogen and oxygen atoms in total. The second-order valence-electron chi connectivity index (χ2n) is 12.0. The van der Waals surface area contributed by atoms with Crippen molar-refractivity contribution in [3.05, 3.63) is 43.8 Å². The van der Waals surface area contributed by atoms with Crippen molar-refractivity contribution in [3.63, 3.8) is 0 Å². The first-order chi connectivity index (χ1) is 17.4. The van der Waals surface area contributed by atoms with E-state index in [9.17, 15) is 9.59 Å². The van der Waals surface area contributed by atoms with Crippen molar-refractivity contribution < 1.29 is 23.8 Å². The van der Waals surface area contributed by atoms with Gasteiger partial charge in [-0.3, -0.25) is 9.59 Å². The minimum absolute atomic E-state index is 0.140. The van der Waals surface area contributed by atoms with Crippen LogP contribution in [0.4, 0.5) is 0 Å². The van der Waals surface area contributed by atoms with Crippen LogP contribution in [0.5, 0.6) is 11.5 Å². The number of hydrogen-bond donors (Lipinski definition) is 0. The van der Waals surface area contributed by atoms with Crippen LogP contribution in [0.1, 0.15) is 78.2 Å². The predicted octanol–water partition coefficient (Wildman–Crippen LogP) is 6.42. The Morgan fingerprint density at radius 2 is 1.51 bits per heavy atom. The molecule has 0 fully saturated rings. The van der Waals surface area contributed by atoms with Crippen LogP contribution in [0.2, 0.25) is 0 Å². The van der Waals surface area contributed by atoms with Gasteiger partial charge in [0, 0.05) is 61.6 Å². The van der Waals surface area contributed by atoms with Gasteiger partial charge in [0.1, 0.15) is 0 Å². The first kappa shape index (κ1) is 28.1. The Hall–Kier alpha value is -1.87. The fourth-order valence-electron chi connectivity index (χ4n) is 6.23. The van der Waals surface area contributed by atoms with Gasteiger partial charge in [-0.05, 0) is 77.3 Å². The van der Waals surface area contributed by atoms with E-state index in [2.05, 4.69) is 61.3 Å². The average molecular weight is 622 g/mol. The third-order valence-corrected chi connectivity index (χ3v) is 8.42. The molecule has 0 N–H and O–H groups in total. The summed E-state index contributed by atoms with van der Waals surface area (Å²) in [5.41, 5.74) is 4.37. The molecule has 1 aromatic rings. The van der Waals surface area contributed by atoms with E-state index in [-0.39, 0.29) is 22.4 Å². The molecule has 0 bridgehead atoms. The van der Waals surface area contributed by atoms with Crippen molar-refractivity contribution in [2.75, 3.05) is 34.0 Å². The molecule has 0 saturated carbocycles.